The standard InChI is InChI=1S/C16H25NO2/c1-4-9-16(2,18)11-17-15-8-6-12-5-7-13(19-3)10-14(12)15/h5,7,10,15,17-18H,4,6,8-9,11H2,1-3H3. The molecule has 2 N–H and O–H groups in total. The fraction of sp³-hybridized carbons (Fsp3) is 0.625. The molecule has 0 saturated carbocycles. The van der Waals surface area contributed by atoms with E-state index in [0.29, 0.717) is 12.6 Å². The minimum Gasteiger partial charge on any atom is -0.497 e. The lowest BCUT2D eigenvalue weighted by molar-refractivity contribution is 0.0471. The molecule has 0 aromatic heterocycles. The Balaban J connectivity index is 2.02. The fourth-order valence-corrected chi connectivity index (χ4v) is 2.89. The fourth-order valence-electron chi connectivity index (χ4n) is 2.89. The summed E-state index contributed by atoms with van der Waals surface area (Å²) in [6.45, 7) is 4.65. The number of aliphatic hydroxyl groups is 1. The molecule has 19 heavy (non-hydrogen) atoms. The molecule has 0 fully saturated rings. The first kappa shape index (κ1) is 14.4. The van der Waals surface area contributed by atoms with E-state index in [0.717, 1.165) is 31.4 Å². The summed E-state index contributed by atoms with van der Waals surface area (Å²) >= 11 is 0. The van der Waals surface area contributed by atoms with Gasteiger partial charge in [0.05, 0.1) is 12.7 Å². The topological polar surface area (TPSA) is 41.5 Å². The molecule has 1 aliphatic carbocycles. The van der Waals surface area contributed by atoms with E-state index in [9.17, 15) is 5.11 Å². The molecule has 1 aromatic carbocycles. The van der Waals surface area contributed by atoms with Crippen LogP contribution in [0, 0.1) is 0 Å². The Bertz CT molecular complexity index is 429. The summed E-state index contributed by atoms with van der Waals surface area (Å²) < 4.78 is 5.29. The maximum Gasteiger partial charge on any atom is 0.119 e. The van der Waals surface area contributed by atoms with Gasteiger partial charge < -0.3 is 15.2 Å². The molecule has 0 bridgehead atoms. The third kappa shape index (κ3) is 3.48. The van der Waals surface area contributed by atoms with E-state index < -0.39 is 5.60 Å². The number of fused-ring (bicyclic) bond motifs is 1. The lowest BCUT2D eigenvalue weighted by Gasteiger charge is -2.26. The average molecular weight is 263 g/mol. The third-order valence-electron chi connectivity index (χ3n) is 3.95. The molecule has 0 aliphatic heterocycles. The van der Waals surface area contributed by atoms with Gasteiger partial charge in [-0.1, -0.05) is 19.4 Å². The number of aryl methyl sites for hydroxylation is 1. The molecular weight excluding hydrogens is 238 g/mol. The van der Waals surface area contributed by atoms with Crippen LogP contribution in [0.25, 0.3) is 0 Å². The van der Waals surface area contributed by atoms with Gasteiger partial charge >= 0.3 is 0 Å². The highest BCUT2D eigenvalue weighted by Gasteiger charge is 2.26. The van der Waals surface area contributed by atoms with Crippen molar-refractivity contribution in [3.05, 3.63) is 29.3 Å². The van der Waals surface area contributed by atoms with E-state index in [1.807, 2.05) is 13.0 Å². The van der Waals surface area contributed by atoms with Gasteiger partial charge in [-0.15, -0.1) is 0 Å². The van der Waals surface area contributed by atoms with E-state index in [1.54, 1.807) is 7.11 Å². The van der Waals surface area contributed by atoms with Crippen molar-refractivity contribution in [2.75, 3.05) is 13.7 Å². The molecule has 0 heterocycles. The molecule has 3 heteroatoms. The van der Waals surface area contributed by atoms with E-state index in [1.165, 1.54) is 11.1 Å². The summed E-state index contributed by atoms with van der Waals surface area (Å²) in [5.74, 6) is 0.910. The molecular formula is C16H25NO2. The van der Waals surface area contributed by atoms with Crippen molar-refractivity contribution in [3.63, 3.8) is 0 Å². The SMILES string of the molecule is CCCC(C)(O)CNC1CCc2ccc(OC)cc21. The smallest absolute Gasteiger partial charge is 0.119 e. The molecule has 1 aliphatic rings. The van der Waals surface area contributed by atoms with E-state index in [2.05, 4.69) is 24.4 Å². The van der Waals surface area contributed by atoms with Gasteiger partial charge in [-0.05, 0) is 49.4 Å². The molecule has 3 nitrogen and oxygen atoms in total. The first-order valence-electron chi connectivity index (χ1n) is 7.18. The Hall–Kier alpha value is -1.06. The maximum absolute atomic E-state index is 10.2. The first-order chi connectivity index (χ1) is 9.05. The Morgan fingerprint density at radius 2 is 2.26 bits per heavy atom. The molecule has 0 radical (unpaired) electrons. The summed E-state index contributed by atoms with van der Waals surface area (Å²) in [6, 6.07) is 6.64. The van der Waals surface area contributed by atoms with Crippen LogP contribution in [0.15, 0.2) is 18.2 Å². The number of hydrogen-bond donors (Lipinski definition) is 2. The van der Waals surface area contributed by atoms with Crippen LogP contribution >= 0.6 is 0 Å². The van der Waals surface area contributed by atoms with Crippen molar-refractivity contribution in [3.8, 4) is 5.75 Å². The van der Waals surface area contributed by atoms with Crippen LogP contribution in [0.2, 0.25) is 0 Å². The molecule has 2 rings (SSSR count). The second kappa shape index (κ2) is 5.93. The molecule has 0 spiro atoms. The Morgan fingerprint density at radius 3 is 2.95 bits per heavy atom. The van der Waals surface area contributed by atoms with Gasteiger partial charge in [0.1, 0.15) is 5.75 Å². The normalized spacial score (nSPS) is 20.9. The van der Waals surface area contributed by atoms with Crippen molar-refractivity contribution in [2.24, 2.45) is 0 Å². The van der Waals surface area contributed by atoms with Crippen LogP contribution in [-0.4, -0.2) is 24.4 Å². The summed E-state index contributed by atoms with van der Waals surface area (Å²) in [7, 11) is 1.70. The summed E-state index contributed by atoms with van der Waals surface area (Å²) in [5, 5.41) is 13.7. The Morgan fingerprint density at radius 1 is 1.47 bits per heavy atom. The van der Waals surface area contributed by atoms with Crippen molar-refractivity contribution in [1.29, 1.82) is 0 Å². The van der Waals surface area contributed by atoms with Crippen molar-refractivity contribution in [2.45, 2.75) is 51.2 Å². The van der Waals surface area contributed by atoms with Crippen LogP contribution in [0.1, 0.15) is 50.3 Å². The number of ether oxygens (including phenoxy) is 1. The van der Waals surface area contributed by atoms with Crippen molar-refractivity contribution < 1.29 is 9.84 Å². The predicted octanol–water partition coefficient (Wildman–Crippen LogP) is 2.82. The van der Waals surface area contributed by atoms with E-state index >= 15 is 0 Å². The summed E-state index contributed by atoms with van der Waals surface area (Å²) in [6.07, 6.45) is 4.04. The maximum atomic E-state index is 10.2. The summed E-state index contributed by atoms with van der Waals surface area (Å²) in [5.41, 5.74) is 2.11. The minimum atomic E-state index is -0.615. The zero-order chi connectivity index (χ0) is 13.9. The molecule has 0 amide bonds. The number of hydrogen-bond acceptors (Lipinski definition) is 3. The van der Waals surface area contributed by atoms with Crippen molar-refractivity contribution >= 4 is 0 Å². The number of methoxy groups -OCH3 is 1. The van der Waals surface area contributed by atoms with Gasteiger partial charge in [0.2, 0.25) is 0 Å². The molecule has 2 unspecified atom stereocenters. The summed E-state index contributed by atoms with van der Waals surface area (Å²) in [4.78, 5) is 0. The lowest BCUT2D eigenvalue weighted by atomic mass is 9.99. The monoisotopic (exact) mass is 263 g/mol. The van der Waals surface area contributed by atoms with Gasteiger partial charge in [0, 0.05) is 12.6 Å². The van der Waals surface area contributed by atoms with Gasteiger partial charge in [-0.3, -0.25) is 0 Å². The lowest BCUT2D eigenvalue weighted by Crippen LogP contribution is -2.38. The third-order valence-corrected chi connectivity index (χ3v) is 3.95. The van der Waals surface area contributed by atoms with Gasteiger partial charge in [-0.2, -0.15) is 0 Å². The number of nitrogens with one attached hydrogen (secondary N) is 1. The predicted molar refractivity (Wildman–Crippen MR) is 77.6 cm³/mol. The highest BCUT2D eigenvalue weighted by Crippen LogP contribution is 2.34. The van der Waals surface area contributed by atoms with Crippen LogP contribution in [0.4, 0.5) is 0 Å². The molecule has 106 valence electrons. The Labute approximate surface area is 116 Å². The Kier molecular flexibility index (Phi) is 4.48. The minimum absolute atomic E-state index is 0.341. The average Bonchev–Trinajstić information content (AvgIpc) is 2.78. The van der Waals surface area contributed by atoms with Crippen LogP contribution < -0.4 is 10.1 Å². The van der Waals surface area contributed by atoms with Crippen molar-refractivity contribution in [1.82, 2.24) is 5.32 Å². The number of benzene rings is 1. The first-order valence-corrected chi connectivity index (χ1v) is 7.18. The van der Waals surface area contributed by atoms with Gasteiger partial charge in [-0.25, -0.2) is 0 Å². The van der Waals surface area contributed by atoms with E-state index in [-0.39, 0.29) is 0 Å². The highest BCUT2D eigenvalue weighted by molar-refractivity contribution is 5.40. The zero-order valence-corrected chi connectivity index (χ0v) is 12.2. The van der Waals surface area contributed by atoms with Gasteiger partial charge in [0.15, 0.2) is 0 Å². The van der Waals surface area contributed by atoms with Gasteiger partial charge in [0.25, 0.3) is 0 Å². The molecule has 0 saturated heterocycles. The quantitative estimate of drug-likeness (QED) is 0.829. The second-order valence-corrected chi connectivity index (χ2v) is 5.78. The molecule has 1 aromatic rings. The largest absolute Gasteiger partial charge is 0.497 e. The van der Waals surface area contributed by atoms with Crippen LogP contribution in [0.5, 0.6) is 5.75 Å². The number of rotatable bonds is 6. The zero-order valence-electron chi connectivity index (χ0n) is 12.2. The van der Waals surface area contributed by atoms with E-state index in [4.69, 9.17) is 4.74 Å². The van der Waals surface area contributed by atoms with Crippen LogP contribution in [-0.2, 0) is 6.42 Å². The highest BCUT2D eigenvalue weighted by atomic mass is 16.5. The molecule has 2 atom stereocenters. The second-order valence-electron chi connectivity index (χ2n) is 5.78. The van der Waals surface area contributed by atoms with Crippen LogP contribution in [0.3, 0.4) is 0 Å².